The molecular formula is C47H49FN6O7. The molecule has 316 valence electrons. The lowest BCUT2D eigenvalue weighted by molar-refractivity contribution is -0.159. The highest BCUT2D eigenvalue weighted by Gasteiger charge is 2.37. The second-order valence-corrected chi connectivity index (χ2v) is 15.9. The molecule has 0 saturated carbocycles. The highest BCUT2D eigenvalue weighted by atomic mass is 19.1. The minimum Gasteiger partial charge on any atom is -0.506 e. The Morgan fingerprint density at radius 1 is 0.951 bits per heavy atom. The van der Waals surface area contributed by atoms with Crippen molar-refractivity contribution in [2.75, 3.05) is 26.2 Å². The SMILES string of the molecule is Cn1nc(C(=O)NCc2ccc(CNC[C@H](O)c3ccc(O)c4[nH]c(=O)ccc34)c(F)c2)cc1COc1cccc([C@@H](CC(=O)O[C@H]2CN3CCC2CC3)c2ccccc2)c1. The number of nitrogens with zero attached hydrogens (tertiary/aromatic N) is 3. The Balaban J connectivity index is 0.835. The fourth-order valence-corrected chi connectivity index (χ4v) is 8.39. The lowest BCUT2D eigenvalue weighted by Crippen LogP contribution is -2.52. The van der Waals surface area contributed by atoms with E-state index in [2.05, 4.69) is 25.6 Å². The van der Waals surface area contributed by atoms with Gasteiger partial charge in [0.15, 0.2) is 5.69 Å². The summed E-state index contributed by atoms with van der Waals surface area (Å²) in [6, 6.07) is 29.8. The molecule has 0 radical (unpaired) electrons. The molecule has 1 amide bonds. The van der Waals surface area contributed by atoms with Crippen molar-refractivity contribution in [1.82, 2.24) is 30.3 Å². The Morgan fingerprint density at radius 3 is 2.52 bits per heavy atom. The number of phenolic OH excluding ortho intramolecular Hbond substituents is 1. The number of carbonyl (C=O) groups is 2. The number of hydrogen-bond acceptors (Lipinski definition) is 10. The van der Waals surface area contributed by atoms with Crippen molar-refractivity contribution in [2.24, 2.45) is 13.0 Å². The number of carbonyl (C=O) groups excluding carboxylic acids is 2. The van der Waals surface area contributed by atoms with Gasteiger partial charge in [0, 0.05) is 56.2 Å². The molecule has 6 aromatic rings. The van der Waals surface area contributed by atoms with Gasteiger partial charge in [-0.3, -0.25) is 24.0 Å². The van der Waals surface area contributed by atoms with Crippen LogP contribution in [0.3, 0.4) is 0 Å². The van der Waals surface area contributed by atoms with E-state index in [1.807, 2.05) is 54.6 Å². The molecule has 5 N–H and O–H groups in total. The van der Waals surface area contributed by atoms with Gasteiger partial charge in [-0.2, -0.15) is 5.10 Å². The van der Waals surface area contributed by atoms with Crippen LogP contribution in [0, 0.1) is 11.7 Å². The summed E-state index contributed by atoms with van der Waals surface area (Å²) in [7, 11) is 1.73. The van der Waals surface area contributed by atoms with Crippen LogP contribution in [0.5, 0.6) is 11.5 Å². The number of fused-ring (bicyclic) bond motifs is 4. The number of phenols is 1. The van der Waals surface area contributed by atoms with Crippen LogP contribution in [0.4, 0.5) is 4.39 Å². The standard InChI is InChI=1S/C47H49FN6O7/c1-53-34(28-60-35-9-5-8-32(21-35)38(30-6-3-2-4-7-30)23-45(58)61-43-27-54-18-16-31(43)17-19-54)22-40(52-53)47(59)50-24-29-10-11-33(39(48)20-29)25-49-26-42(56)36-12-14-41(55)46-37(36)13-15-44(57)51-46/h2-15,20-22,31,38,42-43,49,55-56H,16-19,23-28H2,1H3,(H,50,59)(H,51,57)/t38-,42-,43-/m0/s1. The highest BCUT2D eigenvalue weighted by Crippen LogP contribution is 2.34. The summed E-state index contributed by atoms with van der Waals surface area (Å²) in [6.45, 7) is 3.40. The van der Waals surface area contributed by atoms with Gasteiger partial charge in [0.1, 0.15) is 30.0 Å². The number of benzene rings is 4. The molecule has 13 nitrogen and oxygen atoms in total. The van der Waals surface area contributed by atoms with Crippen molar-refractivity contribution in [1.29, 1.82) is 0 Å². The molecule has 14 heteroatoms. The number of aromatic hydroxyl groups is 1. The quantitative estimate of drug-likeness (QED) is 0.0775. The van der Waals surface area contributed by atoms with Gasteiger partial charge >= 0.3 is 5.97 Å². The number of pyridine rings is 1. The van der Waals surface area contributed by atoms with E-state index in [0.29, 0.717) is 39.4 Å². The van der Waals surface area contributed by atoms with E-state index in [1.54, 1.807) is 36.0 Å². The number of hydrogen-bond donors (Lipinski definition) is 5. The number of aryl methyl sites for hydroxylation is 1. The Kier molecular flexibility index (Phi) is 12.6. The number of nitrogens with one attached hydrogen (secondary N) is 3. The smallest absolute Gasteiger partial charge is 0.307 e. The Morgan fingerprint density at radius 2 is 1.75 bits per heavy atom. The molecule has 9 rings (SSSR count). The van der Waals surface area contributed by atoms with Gasteiger partial charge in [-0.1, -0.05) is 60.7 Å². The topological polar surface area (TPSA) is 171 Å². The van der Waals surface area contributed by atoms with Crippen LogP contribution in [-0.2, 0) is 36.3 Å². The third-order valence-electron chi connectivity index (χ3n) is 11.8. The van der Waals surface area contributed by atoms with E-state index >= 15 is 4.39 Å². The number of aliphatic hydroxyl groups excluding tert-OH is 1. The van der Waals surface area contributed by atoms with Crippen LogP contribution in [-0.4, -0.2) is 74.0 Å². The molecule has 0 aliphatic carbocycles. The number of rotatable bonds is 16. The number of amides is 1. The molecule has 3 fully saturated rings. The summed E-state index contributed by atoms with van der Waals surface area (Å²) in [5.41, 5.74) is 4.09. The van der Waals surface area contributed by atoms with Crippen molar-refractivity contribution in [3.05, 3.63) is 159 Å². The van der Waals surface area contributed by atoms with Gasteiger partial charge in [0.2, 0.25) is 5.56 Å². The van der Waals surface area contributed by atoms with Crippen molar-refractivity contribution in [3.63, 3.8) is 0 Å². The highest BCUT2D eigenvalue weighted by molar-refractivity contribution is 5.92. The lowest BCUT2D eigenvalue weighted by Gasteiger charge is -2.44. The molecule has 3 aliphatic rings. The van der Waals surface area contributed by atoms with Gasteiger partial charge in [0.05, 0.1) is 23.7 Å². The summed E-state index contributed by atoms with van der Waals surface area (Å²) in [6.07, 6.45) is 1.31. The number of piperidine rings is 3. The van der Waals surface area contributed by atoms with Gasteiger partial charge in [-0.15, -0.1) is 0 Å². The third-order valence-corrected chi connectivity index (χ3v) is 11.8. The molecule has 3 atom stereocenters. The maximum atomic E-state index is 15.1. The number of aliphatic hydroxyl groups is 1. The second-order valence-electron chi connectivity index (χ2n) is 15.9. The van der Waals surface area contributed by atoms with Crippen molar-refractivity contribution < 1.29 is 33.7 Å². The summed E-state index contributed by atoms with van der Waals surface area (Å²) < 4.78 is 29.0. The number of esters is 1. The Bertz CT molecular complexity index is 2570. The zero-order valence-electron chi connectivity index (χ0n) is 33.9. The van der Waals surface area contributed by atoms with Crippen LogP contribution < -0.4 is 20.9 Å². The molecule has 5 heterocycles. The summed E-state index contributed by atoms with van der Waals surface area (Å²) in [4.78, 5) is 43.2. The maximum Gasteiger partial charge on any atom is 0.307 e. The molecule has 3 aliphatic heterocycles. The van der Waals surface area contributed by atoms with Crippen LogP contribution >= 0.6 is 0 Å². The fraction of sp³-hybridized carbons (Fsp3) is 0.319. The lowest BCUT2D eigenvalue weighted by atomic mass is 9.85. The maximum absolute atomic E-state index is 15.1. The second kappa shape index (κ2) is 18.5. The van der Waals surface area contributed by atoms with E-state index in [-0.39, 0.29) is 73.2 Å². The van der Waals surface area contributed by atoms with Gasteiger partial charge < -0.3 is 35.3 Å². The number of aromatic amines is 1. The number of halogens is 1. The van der Waals surface area contributed by atoms with Crippen LogP contribution in [0.1, 0.15) is 75.3 Å². The zero-order valence-corrected chi connectivity index (χ0v) is 33.9. The first-order chi connectivity index (χ1) is 29.6. The molecule has 0 spiro atoms. The third kappa shape index (κ3) is 9.83. The predicted molar refractivity (Wildman–Crippen MR) is 226 cm³/mol. The van der Waals surface area contributed by atoms with Gasteiger partial charge in [-0.25, -0.2) is 4.39 Å². The Hall–Kier alpha value is -6.35. The largest absolute Gasteiger partial charge is 0.506 e. The first-order valence-electron chi connectivity index (χ1n) is 20.6. The minimum atomic E-state index is -0.989. The predicted octanol–water partition coefficient (Wildman–Crippen LogP) is 5.60. The van der Waals surface area contributed by atoms with Crippen LogP contribution in [0.2, 0.25) is 0 Å². The summed E-state index contributed by atoms with van der Waals surface area (Å²) in [5.74, 6) is -0.381. The molecule has 4 aromatic carbocycles. The summed E-state index contributed by atoms with van der Waals surface area (Å²) in [5, 5.41) is 31.7. The monoisotopic (exact) mass is 828 g/mol. The van der Waals surface area contributed by atoms with E-state index in [1.165, 1.54) is 24.3 Å². The van der Waals surface area contributed by atoms with E-state index in [9.17, 15) is 24.6 Å². The van der Waals surface area contributed by atoms with Crippen molar-refractivity contribution in [3.8, 4) is 11.5 Å². The average molecular weight is 829 g/mol. The molecule has 3 saturated heterocycles. The number of H-pyrrole nitrogens is 1. The van der Waals surface area contributed by atoms with Gasteiger partial charge in [0.25, 0.3) is 5.91 Å². The molecule has 2 bridgehead atoms. The van der Waals surface area contributed by atoms with Crippen LogP contribution in [0.25, 0.3) is 10.9 Å². The molecule has 0 unspecified atom stereocenters. The Labute approximate surface area is 352 Å². The number of aromatic nitrogens is 3. The summed E-state index contributed by atoms with van der Waals surface area (Å²) >= 11 is 0. The first kappa shape index (κ1) is 41.4. The van der Waals surface area contributed by atoms with Gasteiger partial charge in [-0.05, 0) is 90.5 Å². The fourth-order valence-electron chi connectivity index (χ4n) is 8.39. The van der Waals surface area contributed by atoms with E-state index < -0.39 is 17.8 Å². The average Bonchev–Trinajstić information content (AvgIpc) is 3.65. The first-order valence-corrected chi connectivity index (χ1v) is 20.6. The van der Waals surface area contributed by atoms with Crippen LogP contribution in [0.15, 0.2) is 108 Å². The van der Waals surface area contributed by atoms with Crippen molar-refractivity contribution >= 4 is 22.8 Å². The van der Waals surface area contributed by atoms with E-state index in [4.69, 9.17) is 9.47 Å². The molecule has 2 aromatic heterocycles. The number of ether oxygens (including phenoxy) is 2. The van der Waals surface area contributed by atoms with Crippen molar-refractivity contribution in [2.45, 2.75) is 57.1 Å². The zero-order chi connectivity index (χ0) is 42.5. The normalized spacial score (nSPS) is 18.1. The molecular weight excluding hydrogens is 780 g/mol. The van der Waals surface area contributed by atoms with E-state index in [0.717, 1.165) is 43.6 Å². The minimum absolute atomic E-state index is 0.0538. The molecule has 61 heavy (non-hydrogen) atoms.